The number of aliphatic hydroxyl groups excluding tert-OH is 3. The Hall–Kier alpha value is -5.21. The van der Waals surface area contributed by atoms with Crippen LogP contribution in [0.2, 0.25) is 20.2 Å². The first-order valence-electron chi connectivity index (χ1n) is 42.5. The molecule has 3 unspecified atom stereocenters. The molecule has 0 spiro atoms. The van der Waals surface area contributed by atoms with Gasteiger partial charge in [0.15, 0.2) is 0 Å². The summed E-state index contributed by atoms with van der Waals surface area (Å²) in [6.07, 6.45) is 0.611. The molecular formula is C104H138Br4N2O9S4Si4Zn. The van der Waals surface area contributed by atoms with Crippen molar-refractivity contribution in [3.8, 4) is 0 Å². The van der Waals surface area contributed by atoms with E-state index in [0.717, 1.165) is 46.5 Å². The van der Waals surface area contributed by atoms with Gasteiger partial charge in [0.1, 0.15) is 11.0 Å². The van der Waals surface area contributed by atoms with E-state index in [0.29, 0.717) is 44.0 Å². The molecule has 4 N–H and O–H groups in total. The van der Waals surface area contributed by atoms with Crippen molar-refractivity contribution in [1.29, 1.82) is 0 Å². The maximum atomic E-state index is 13.2. The molecule has 0 aliphatic carbocycles. The first kappa shape index (κ1) is 115. The van der Waals surface area contributed by atoms with Crippen molar-refractivity contribution in [2.24, 2.45) is 4.40 Å². The van der Waals surface area contributed by atoms with Gasteiger partial charge in [0.05, 0.1) is 76.2 Å². The Morgan fingerprint density at radius 2 is 0.664 bits per heavy atom. The van der Waals surface area contributed by atoms with Gasteiger partial charge in [0, 0.05) is 36.5 Å². The normalized spacial score (nSPS) is 13.1. The van der Waals surface area contributed by atoms with E-state index in [4.69, 9.17) is 27.9 Å². The summed E-state index contributed by atoms with van der Waals surface area (Å²) in [6, 6.07) is 89.0. The van der Waals surface area contributed by atoms with Crippen LogP contribution in [0, 0.1) is 6.92 Å². The van der Waals surface area contributed by atoms with Crippen LogP contribution in [0.1, 0.15) is 155 Å². The molecule has 2 heterocycles. The van der Waals surface area contributed by atoms with Gasteiger partial charge >= 0.3 is 30.0 Å². The number of thiophene rings is 2. The first-order valence-corrected chi connectivity index (χ1v) is 63.8. The molecule has 10 aromatic rings. The van der Waals surface area contributed by atoms with Crippen molar-refractivity contribution in [2.75, 3.05) is 51.6 Å². The fourth-order valence-corrected chi connectivity index (χ4v) is 37.5. The van der Waals surface area contributed by atoms with Crippen molar-refractivity contribution in [3.05, 3.63) is 352 Å². The molecule has 0 fully saturated rings. The zero-order valence-corrected chi connectivity index (χ0v) is 95.7. The summed E-state index contributed by atoms with van der Waals surface area (Å²) in [7, 11) is -12.4. The summed E-state index contributed by atoms with van der Waals surface area (Å²) < 4.78 is 61.1. The van der Waals surface area contributed by atoms with Crippen molar-refractivity contribution in [3.63, 3.8) is 0 Å². The zero-order chi connectivity index (χ0) is 96.2. The number of nitrogens with zero attached hydrogens (tertiary/aromatic N) is 1. The molecule has 0 radical (unpaired) electrons. The number of benzene rings is 8. The summed E-state index contributed by atoms with van der Waals surface area (Å²) in [4.78, 5) is 2.17. The van der Waals surface area contributed by atoms with Crippen LogP contribution in [-0.4, -0.2) is 124 Å². The number of nitrogens with one attached hydrogen (secondary N) is 1. The second kappa shape index (κ2) is 53.8. The molecule has 0 saturated heterocycles. The molecule has 11 nitrogen and oxygen atoms in total. The number of aliphatic hydroxyl groups is 3. The van der Waals surface area contributed by atoms with Gasteiger partial charge in [0.2, 0.25) is 0 Å². The molecule has 24 heteroatoms. The molecule has 128 heavy (non-hydrogen) atoms. The van der Waals surface area contributed by atoms with Crippen LogP contribution in [0.4, 0.5) is 0 Å². The predicted molar refractivity (Wildman–Crippen MR) is 576 cm³/mol. The van der Waals surface area contributed by atoms with Crippen LogP contribution in [0.25, 0.3) is 0 Å². The van der Waals surface area contributed by atoms with Crippen LogP contribution in [0.3, 0.4) is 0 Å². The van der Waals surface area contributed by atoms with Gasteiger partial charge in [-0.3, -0.25) is 0 Å². The van der Waals surface area contributed by atoms with Crippen molar-refractivity contribution >= 4 is 187 Å². The quantitative estimate of drug-likeness (QED) is 0.0109. The Labute approximate surface area is 828 Å². The number of halogens is 4. The Bertz CT molecular complexity index is 4800. The Balaban J connectivity index is 0.000000337. The zero-order valence-electron chi connectivity index (χ0n) is 79.1. The third-order valence-electron chi connectivity index (χ3n) is 20.8. The molecule has 688 valence electrons. The summed E-state index contributed by atoms with van der Waals surface area (Å²) in [5.74, 6) is 0. The number of hydrogen-bond acceptors (Lipinski definition) is 11. The molecular weight excluding hydrogens is 2050 g/mol. The Morgan fingerprint density at radius 1 is 0.406 bits per heavy atom. The van der Waals surface area contributed by atoms with Crippen LogP contribution in [0.5, 0.6) is 0 Å². The second-order valence-corrected chi connectivity index (χ2v) is 62.8. The monoisotopic (exact) mass is 2180 g/mol. The number of rotatable bonds is 31. The van der Waals surface area contributed by atoms with E-state index in [-0.39, 0.29) is 49.5 Å². The Kier molecular flexibility index (Phi) is 48.4. The van der Waals surface area contributed by atoms with Crippen LogP contribution in [-0.2, 0) is 61.6 Å². The van der Waals surface area contributed by atoms with E-state index in [1.54, 1.807) is 22.7 Å². The molecule has 3 atom stereocenters. The third kappa shape index (κ3) is 33.1. The van der Waals surface area contributed by atoms with E-state index in [9.17, 15) is 13.5 Å². The van der Waals surface area contributed by atoms with Gasteiger partial charge in [-0.1, -0.05) is 374 Å². The van der Waals surface area contributed by atoms with E-state index in [1.165, 1.54) is 57.8 Å². The fraction of sp³-hybridized carbons (Fsp3) is 0.346. The number of hydrogen-bond donors (Lipinski definition) is 4. The van der Waals surface area contributed by atoms with Crippen molar-refractivity contribution in [1.82, 2.24) is 4.72 Å². The van der Waals surface area contributed by atoms with Gasteiger partial charge < -0.3 is 33.0 Å². The van der Waals surface area contributed by atoms with Crippen molar-refractivity contribution in [2.45, 2.75) is 180 Å². The van der Waals surface area contributed by atoms with Gasteiger partial charge in [-0.15, -0.1) is 22.7 Å². The van der Waals surface area contributed by atoms with Crippen LogP contribution in [0.15, 0.2) is 340 Å². The van der Waals surface area contributed by atoms with Gasteiger partial charge in [0.25, 0.3) is 33.3 Å². The average molecular weight is 2190 g/mol. The molecule has 2 aromatic heterocycles. The Morgan fingerprint density at radius 3 is 0.875 bits per heavy atom. The summed E-state index contributed by atoms with van der Waals surface area (Å²) in [6.45, 7) is 68.1. The molecule has 0 amide bonds. The fourth-order valence-electron chi connectivity index (χ4n) is 14.5. The van der Waals surface area contributed by atoms with E-state index in [2.05, 4.69) is 442 Å². The van der Waals surface area contributed by atoms with E-state index in [1.807, 2.05) is 72.0 Å². The van der Waals surface area contributed by atoms with Gasteiger partial charge in [-0.05, 0) is 184 Å². The standard InChI is InChI=1S/C30H40BrNO2S2Si.C20H25BrOSi.C20H26O2Si.C20H25OSi.C10H14BrNOS2.C4H8O2.BrH.Zn/c1-23(20-30(8,27-19-24(31)22-35-27)32-36(33)28(2,3)4)21-34-37(29(5,6)7,25-15-11-9-12-16-25)26-17-13-10-14-18-26;2*1-17(15-21)16-22-23(20(2,3)4,18-11-7-5-8-12-18)19-13-9-6-10-14-19;1-17(2)16-21-22(20(3,4)5,18-12-8-6-9-13-18)19-14-10-7-11-15-19;1-7(9-5-8(11)6-14-9)12-15(13)10(2,3)4;1-4(2-5)3-6;;/h9-19,22,32H,1,20-21H2,2-8H3;5-14H,1,15-16H2,2-4H3;5-14,21H,1,15-16H2,2-4H3;6-15H,1-2,16H2,3-5H3;5-6H,1-4H3;5-6H,1-3H2;1H;/q;;;-1;;;;+2/p-1. The van der Waals surface area contributed by atoms with E-state index < -0.39 is 60.8 Å². The third-order valence-corrected chi connectivity index (χ3v) is 48.5. The molecule has 0 aliphatic rings. The van der Waals surface area contributed by atoms with Gasteiger partial charge in [-0.25, -0.2) is 26.6 Å². The van der Waals surface area contributed by atoms with Crippen LogP contribution >= 0.6 is 84.1 Å². The summed E-state index contributed by atoms with van der Waals surface area (Å²) in [5, 5.41) is 40.3. The topological polar surface area (TPSA) is 156 Å². The van der Waals surface area contributed by atoms with E-state index >= 15 is 0 Å². The molecule has 10 rings (SSSR count). The second-order valence-electron chi connectivity index (χ2n) is 37.5. The maximum absolute atomic E-state index is 13.2. The predicted octanol–water partition coefficient (Wildman–Crippen LogP) is 23.0. The number of alkyl halides is 1. The minimum atomic E-state index is -2.67. The van der Waals surface area contributed by atoms with Gasteiger partial charge in [-0.2, -0.15) is 9.97 Å². The SMILES string of the molecule is C=C(CBr)CO[Si](c1ccccc1)(c1ccccc1)C(C)(C)C.C=C(CO)CO.C=C(CO)CO[Si](c1ccccc1)(c1ccccc1)C(C)(C)C.C=C(CO[Si](c1ccccc1)(c1ccccc1)C(C)(C)C)CC(C)(NS(=O)C(C)(C)C)c1cc(Br)cs1.C=C([CH2-])CO[Si](c1ccccc1)(c1ccccc1)C(C)(C)C.CC(=NS(=O)C(C)(C)C)c1cc(Br)cs1.[Zn+][Br]. The molecule has 0 saturated carbocycles. The molecule has 8 aromatic carbocycles. The first-order chi connectivity index (χ1) is 60.0. The summed E-state index contributed by atoms with van der Waals surface area (Å²) in [5.41, 5.74) is 4.30. The minimum absolute atomic E-state index is 0.00512. The molecule has 0 aliphatic heterocycles. The van der Waals surface area contributed by atoms with Crippen molar-refractivity contribution < 1.29 is 57.8 Å². The van der Waals surface area contributed by atoms with Crippen LogP contribution < -0.4 is 46.2 Å². The molecule has 0 bridgehead atoms. The average Bonchev–Trinajstić information content (AvgIpc) is 0.885. The summed E-state index contributed by atoms with van der Waals surface area (Å²) >= 11 is 18.0.